The molecule has 0 atom stereocenters. The summed E-state index contributed by atoms with van der Waals surface area (Å²) >= 11 is 0. The van der Waals surface area contributed by atoms with Gasteiger partial charge in [0, 0.05) is 6.08 Å². The van der Waals surface area contributed by atoms with Crippen molar-refractivity contribution in [2.75, 3.05) is 7.11 Å². The van der Waals surface area contributed by atoms with Gasteiger partial charge in [-0.25, -0.2) is 4.79 Å². The van der Waals surface area contributed by atoms with Crippen molar-refractivity contribution in [3.05, 3.63) is 24.3 Å². The molecule has 0 saturated heterocycles. The minimum atomic E-state index is -0.319. The lowest BCUT2D eigenvalue weighted by Gasteiger charge is -1.85. The molecule has 0 spiro atoms. The Balaban J connectivity index is 3.55. The minimum absolute atomic E-state index is 0.319. The molecule has 0 unspecified atom stereocenters. The third kappa shape index (κ3) is 5.09. The predicted molar refractivity (Wildman–Crippen MR) is 40.6 cm³/mol. The van der Waals surface area contributed by atoms with Gasteiger partial charge in [-0.05, 0) is 6.42 Å². The maximum Gasteiger partial charge on any atom is 0.330 e. The highest BCUT2D eigenvalue weighted by Crippen LogP contribution is 1.82. The van der Waals surface area contributed by atoms with E-state index >= 15 is 0 Å². The van der Waals surface area contributed by atoms with Crippen LogP contribution in [-0.2, 0) is 9.53 Å². The SMILES string of the molecule is CC/C=C/C=C/C(=O)OC. The molecule has 0 aromatic carbocycles. The van der Waals surface area contributed by atoms with E-state index in [4.69, 9.17) is 0 Å². The summed E-state index contributed by atoms with van der Waals surface area (Å²) in [7, 11) is 1.36. The molecular weight excluding hydrogens is 128 g/mol. The zero-order chi connectivity index (χ0) is 7.82. The van der Waals surface area contributed by atoms with Gasteiger partial charge in [0.05, 0.1) is 7.11 Å². The van der Waals surface area contributed by atoms with Crippen molar-refractivity contribution in [1.29, 1.82) is 0 Å². The van der Waals surface area contributed by atoms with Crippen LogP contribution in [0.5, 0.6) is 0 Å². The zero-order valence-electron chi connectivity index (χ0n) is 6.33. The number of carbonyl (C=O) groups excluding carboxylic acids is 1. The quantitative estimate of drug-likeness (QED) is 0.338. The third-order valence-corrected chi connectivity index (χ3v) is 0.916. The van der Waals surface area contributed by atoms with Gasteiger partial charge in [0.2, 0.25) is 0 Å². The molecule has 0 bridgehead atoms. The second-order valence-electron chi connectivity index (χ2n) is 1.72. The fraction of sp³-hybridized carbons (Fsp3) is 0.375. The summed E-state index contributed by atoms with van der Waals surface area (Å²) in [5.41, 5.74) is 0. The number of hydrogen-bond acceptors (Lipinski definition) is 2. The molecule has 0 amide bonds. The molecule has 0 rings (SSSR count). The van der Waals surface area contributed by atoms with E-state index in [0.717, 1.165) is 6.42 Å². The molecule has 0 radical (unpaired) electrons. The number of methoxy groups -OCH3 is 1. The van der Waals surface area contributed by atoms with Gasteiger partial charge in [0.15, 0.2) is 0 Å². The van der Waals surface area contributed by atoms with E-state index in [-0.39, 0.29) is 5.97 Å². The Morgan fingerprint density at radius 3 is 2.70 bits per heavy atom. The Labute approximate surface area is 61.2 Å². The van der Waals surface area contributed by atoms with Crippen LogP contribution in [0.4, 0.5) is 0 Å². The summed E-state index contributed by atoms with van der Waals surface area (Å²) in [6, 6.07) is 0. The van der Waals surface area contributed by atoms with Gasteiger partial charge < -0.3 is 4.74 Å². The van der Waals surface area contributed by atoms with E-state index in [0.29, 0.717) is 0 Å². The van der Waals surface area contributed by atoms with Crippen LogP contribution < -0.4 is 0 Å². The van der Waals surface area contributed by atoms with Gasteiger partial charge in [-0.3, -0.25) is 0 Å². The molecular formula is C8H12O2. The highest BCUT2D eigenvalue weighted by Gasteiger charge is 1.85. The first-order chi connectivity index (χ1) is 4.81. The van der Waals surface area contributed by atoms with Crippen LogP contribution in [0.3, 0.4) is 0 Å². The lowest BCUT2D eigenvalue weighted by molar-refractivity contribution is -0.134. The molecule has 0 fully saturated rings. The first-order valence-electron chi connectivity index (χ1n) is 3.22. The smallest absolute Gasteiger partial charge is 0.330 e. The average molecular weight is 140 g/mol. The Morgan fingerprint density at radius 2 is 2.20 bits per heavy atom. The average Bonchev–Trinajstić information content (AvgIpc) is 1.98. The number of rotatable bonds is 3. The zero-order valence-corrected chi connectivity index (χ0v) is 6.33. The first kappa shape index (κ1) is 8.95. The van der Waals surface area contributed by atoms with Gasteiger partial charge in [0.25, 0.3) is 0 Å². The van der Waals surface area contributed by atoms with Crippen molar-refractivity contribution in [1.82, 2.24) is 0 Å². The molecule has 10 heavy (non-hydrogen) atoms. The van der Waals surface area contributed by atoms with Crippen LogP contribution in [0.25, 0.3) is 0 Å². The molecule has 0 aromatic heterocycles. The monoisotopic (exact) mass is 140 g/mol. The standard InChI is InChI=1S/C8H12O2/c1-3-4-5-6-7-8(9)10-2/h4-7H,3H2,1-2H3/b5-4+,7-6+. The van der Waals surface area contributed by atoms with E-state index in [9.17, 15) is 4.79 Å². The fourth-order valence-corrected chi connectivity index (χ4v) is 0.417. The van der Waals surface area contributed by atoms with Crippen molar-refractivity contribution in [2.45, 2.75) is 13.3 Å². The molecule has 0 aromatic rings. The van der Waals surface area contributed by atoms with Crippen molar-refractivity contribution in [3.8, 4) is 0 Å². The highest BCUT2D eigenvalue weighted by atomic mass is 16.5. The number of ether oxygens (including phenoxy) is 1. The van der Waals surface area contributed by atoms with Gasteiger partial charge in [-0.15, -0.1) is 0 Å². The molecule has 0 saturated carbocycles. The molecule has 0 aliphatic heterocycles. The van der Waals surface area contributed by atoms with Crippen LogP contribution in [-0.4, -0.2) is 13.1 Å². The Bertz CT molecular complexity index is 145. The highest BCUT2D eigenvalue weighted by molar-refractivity contribution is 5.82. The summed E-state index contributed by atoms with van der Waals surface area (Å²) < 4.78 is 4.37. The summed E-state index contributed by atoms with van der Waals surface area (Å²) in [6.07, 6.45) is 7.80. The van der Waals surface area contributed by atoms with Gasteiger partial charge in [-0.2, -0.15) is 0 Å². The van der Waals surface area contributed by atoms with E-state index in [2.05, 4.69) is 4.74 Å². The Kier molecular flexibility index (Phi) is 5.44. The molecule has 2 heteroatoms. The molecule has 0 aliphatic carbocycles. The molecule has 2 nitrogen and oxygen atoms in total. The van der Waals surface area contributed by atoms with Crippen LogP contribution in [0, 0.1) is 0 Å². The second kappa shape index (κ2) is 6.08. The Morgan fingerprint density at radius 1 is 1.50 bits per heavy atom. The summed E-state index contributed by atoms with van der Waals surface area (Å²) in [4.78, 5) is 10.4. The van der Waals surface area contributed by atoms with Crippen LogP contribution in [0.2, 0.25) is 0 Å². The largest absolute Gasteiger partial charge is 0.466 e. The predicted octanol–water partition coefficient (Wildman–Crippen LogP) is 1.68. The topological polar surface area (TPSA) is 26.3 Å². The van der Waals surface area contributed by atoms with E-state index < -0.39 is 0 Å². The van der Waals surface area contributed by atoms with Crippen LogP contribution in [0.15, 0.2) is 24.3 Å². The number of allylic oxidation sites excluding steroid dienone is 3. The first-order valence-corrected chi connectivity index (χ1v) is 3.22. The van der Waals surface area contributed by atoms with Crippen LogP contribution >= 0.6 is 0 Å². The van der Waals surface area contributed by atoms with Crippen molar-refractivity contribution in [2.24, 2.45) is 0 Å². The summed E-state index contributed by atoms with van der Waals surface area (Å²) in [5.74, 6) is -0.319. The van der Waals surface area contributed by atoms with Crippen molar-refractivity contribution < 1.29 is 9.53 Å². The maximum atomic E-state index is 10.4. The molecule has 56 valence electrons. The number of hydrogen-bond donors (Lipinski definition) is 0. The lowest BCUT2D eigenvalue weighted by atomic mass is 10.4. The minimum Gasteiger partial charge on any atom is -0.466 e. The van der Waals surface area contributed by atoms with E-state index in [1.54, 1.807) is 6.08 Å². The maximum absolute atomic E-state index is 10.4. The van der Waals surface area contributed by atoms with E-state index in [1.807, 2.05) is 19.1 Å². The van der Waals surface area contributed by atoms with Gasteiger partial charge >= 0.3 is 5.97 Å². The van der Waals surface area contributed by atoms with Crippen molar-refractivity contribution >= 4 is 5.97 Å². The molecule has 0 heterocycles. The second-order valence-corrected chi connectivity index (χ2v) is 1.72. The van der Waals surface area contributed by atoms with Crippen molar-refractivity contribution in [3.63, 3.8) is 0 Å². The van der Waals surface area contributed by atoms with Crippen LogP contribution in [0.1, 0.15) is 13.3 Å². The normalized spacial score (nSPS) is 11.0. The molecule has 0 aliphatic rings. The summed E-state index contributed by atoms with van der Waals surface area (Å²) in [5, 5.41) is 0. The third-order valence-electron chi connectivity index (χ3n) is 0.916. The van der Waals surface area contributed by atoms with Gasteiger partial charge in [-0.1, -0.05) is 25.2 Å². The fourth-order valence-electron chi connectivity index (χ4n) is 0.417. The number of carbonyl (C=O) groups is 1. The summed E-state index contributed by atoms with van der Waals surface area (Å²) in [6.45, 7) is 2.03. The van der Waals surface area contributed by atoms with E-state index in [1.165, 1.54) is 13.2 Å². The lowest BCUT2D eigenvalue weighted by Crippen LogP contribution is -1.92. The number of esters is 1. The van der Waals surface area contributed by atoms with Gasteiger partial charge in [0.1, 0.15) is 0 Å². The Hall–Kier alpha value is -1.05. The molecule has 0 N–H and O–H groups in total.